The molecule has 0 bridgehead atoms. The Hall–Kier alpha value is -2.77. The van der Waals surface area contributed by atoms with Gasteiger partial charge in [0, 0.05) is 19.1 Å². The first-order valence-electron chi connectivity index (χ1n) is 8.54. The summed E-state index contributed by atoms with van der Waals surface area (Å²) in [5.74, 6) is -5.07. The molecular formula is C21H14Cl2F3NO3. The van der Waals surface area contributed by atoms with Crippen LogP contribution >= 0.6 is 23.2 Å². The second kappa shape index (κ2) is 8.53. The van der Waals surface area contributed by atoms with Crippen molar-refractivity contribution in [3.8, 4) is 17.2 Å². The summed E-state index contributed by atoms with van der Waals surface area (Å²) in [4.78, 5) is 15.8. The minimum atomic E-state index is -3.24. The Morgan fingerprint density at radius 3 is 2.30 bits per heavy atom. The number of carbonyl (C=O) groups excluding carboxylic acids is 1. The first-order valence-corrected chi connectivity index (χ1v) is 9.30. The maximum absolute atomic E-state index is 14.5. The number of benzene rings is 2. The summed E-state index contributed by atoms with van der Waals surface area (Å²) < 4.78 is 51.8. The summed E-state index contributed by atoms with van der Waals surface area (Å²) in [5.41, 5.74) is -0.0520. The van der Waals surface area contributed by atoms with Crippen molar-refractivity contribution >= 4 is 29.2 Å². The lowest BCUT2D eigenvalue weighted by atomic mass is 10.2. The van der Waals surface area contributed by atoms with Gasteiger partial charge in [-0.1, -0.05) is 40.9 Å². The van der Waals surface area contributed by atoms with Crippen molar-refractivity contribution in [2.45, 2.75) is 19.8 Å². The summed E-state index contributed by atoms with van der Waals surface area (Å²) in [6, 6.07) is 9.66. The van der Waals surface area contributed by atoms with Crippen molar-refractivity contribution in [1.82, 2.24) is 4.98 Å². The molecule has 3 aromatic rings. The first kappa shape index (κ1) is 21.9. The number of halogens is 5. The van der Waals surface area contributed by atoms with Gasteiger partial charge in [0.05, 0.1) is 21.8 Å². The van der Waals surface area contributed by atoms with Gasteiger partial charge in [0.25, 0.3) is 5.92 Å². The largest absolute Gasteiger partial charge is 0.454 e. The van der Waals surface area contributed by atoms with E-state index < -0.39 is 29.0 Å². The van der Waals surface area contributed by atoms with Gasteiger partial charge < -0.3 is 9.47 Å². The molecule has 0 N–H and O–H groups in total. The third-order valence-corrected chi connectivity index (χ3v) is 4.52. The molecule has 3 rings (SSSR count). The molecule has 2 aromatic carbocycles. The van der Waals surface area contributed by atoms with Crippen molar-refractivity contribution < 1.29 is 27.4 Å². The van der Waals surface area contributed by atoms with Gasteiger partial charge in [0.1, 0.15) is 28.8 Å². The smallest absolute Gasteiger partial charge is 0.346 e. The first-order chi connectivity index (χ1) is 14.0. The predicted molar refractivity (Wildman–Crippen MR) is 106 cm³/mol. The van der Waals surface area contributed by atoms with Crippen LogP contribution in [-0.4, -0.2) is 11.0 Å². The molecule has 0 fully saturated rings. The lowest BCUT2D eigenvalue weighted by molar-refractivity contribution is 0.0128. The van der Waals surface area contributed by atoms with Crippen molar-refractivity contribution in [1.29, 1.82) is 0 Å². The average Bonchev–Trinajstić information content (AvgIpc) is 2.65. The van der Waals surface area contributed by atoms with E-state index in [0.29, 0.717) is 6.92 Å². The van der Waals surface area contributed by atoms with Gasteiger partial charge in [0.2, 0.25) is 0 Å². The fourth-order valence-corrected chi connectivity index (χ4v) is 2.98. The van der Waals surface area contributed by atoms with E-state index in [1.54, 1.807) is 24.3 Å². The normalized spacial score (nSPS) is 11.3. The highest BCUT2D eigenvalue weighted by molar-refractivity contribution is 6.32. The van der Waals surface area contributed by atoms with Gasteiger partial charge in [-0.3, -0.25) is 0 Å². The Morgan fingerprint density at radius 2 is 1.70 bits per heavy atom. The monoisotopic (exact) mass is 455 g/mol. The van der Waals surface area contributed by atoms with Crippen LogP contribution in [-0.2, 0) is 5.92 Å². The van der Waals surface area contributed by atoms with E-state index in [1.165, 1.54) is 0 Å². The molecule has 156 valence electrons. The van der Waals surface area contributed by atoms with E-state index in [-0.39, 0.29) is 27.3 Å². The van der Waals surface area contributed by atoms with Crippen molar-refractivity contribution in [3.63, 3.8) is 0 Å². The molecule has 1 aromatic heterocycles. The van der Waals surface area contributed by atoms with Crippen molar-refractivity contribution in [2.24, 2.45) is 0 Å². The molecule has 0 radical (unpaired) electrons. The van der Waals surface area contributed by atoms with E-state index in [2.05, 4.69) is 4.98 Å². The Labute approximate surface area is 180 Å². The van der Waals surface area contributed by atoms with E-state index >= 15 is 0 Å². The molecule has 0 aliphatic carbocycles. The number of esters is 1. The van der Waals surface area contributed by atoms with Crippen LogP contribution < -0.4 is 9.47 Å². The Morgan fingerprint density at radius 1 is 1.03 bits per heavy atom. The predicted octanol–water partition coefficient (Wildman–Crippen LogP) is 6.96. The minimum absolute atomic E-state index is 0.0377. The van der Waals surface area contributed by atoms with E-state index in [1.807, 2.05) is 6.92 Å². The molecule has 0 spiro atoms. The van der Waals surface area contributed by atoms with Gasteiger partial charge >= 0.3 is 5.97 Å². The van der Waals surface area contributed by atoms with Crippen LogP contribution in [0.5, 0.6) is 17.2 Å². The van der Waals surface area contributed by atoms with Crippen molar-refractivity contribution in [3.05, 3.63) is 81.3 Å². The third kappa shape index (κ3) is 5.04. The van der Waals surface area contributed by atoms with Crippen LogP contribution in [0.3, 0.4) is 0 Å². The number of pyridine rings is 1. The highest BCUT2D eigenvalue weighted by atomic mass is 35.5. The fourth-order valence-electron chi connectivity index (χ4n) is 2.46. The Balaban J connectivity index is 1.81. The second-order valence-corrected chi connectivity index (χ2v) is 7.27. The number of aryl methyl sites for hydroxylation is 1. The Bertz CT molecular complexity index is 1100. The minimum Gasteiger partial charge on any atom is -0.454 e. The summed E-state index contributed by atoms with van der Waals surface area (Å²) in [7, 11) is 0. The zero-order chi connectivity index (χ0) is 22.1. The number of hydrogen-bond donors (Lipinski definition) is 0. The van der Waals surface area contributed by atoms with Gasteiger partial charge in [-0.05, 0) is 25.1 Å². The molecule has 0 amide bonds. The summed E-state index contributed by atoms with van der Waals surface area (Å²) in [5, 5.41) is -0.428. The Kier molecular flexibility index (Phi) is 6.24. The van der Waals surface area contributed by atoms with E-state index in [9.17, 15) is 18.0 Å². The topological polar surface area (TPSA) is 48.4 Å². The lowest BCUT2D eigenvalue weighted by Gasteiger charge is -2.14. The summed E-state index contributed by atoms with van der Waals surface area (Å²) >= 11 is 11.9. The maximum Gasteiger partial charge on any atom is 0.346 e. The molecular weight excluding hydrogens is 442 g/mol. The molecule has 4 nitrogen and oxygen atoms in total. The third-order valence-electron chi connectivity index (χ3n) is 3.93. The van der Waals surface area contributed by atoms with Crippen LogP contribution in [0, 0.1) is 12.7 Å². The van der Waals surface area contributed by atoms with Gasteiger partial charge in [-0.2, -0.15) is 8.78 Å². The molecule has 9 heteroatoms. The number of nitrogens with zero attached hydrogens (tertiary/aromatic N) is 1. The number of ether oxygens (including phenoxy) is 2. The zero-order valence-electron chi connectivity index (χ0n) is 15.7. The highest BCUT2D eigenvalue weighted by Gasteiger charge is 2.29. The molecule has 0 saturated heterocycles. The molecule has 1 heterocycles. The van der Waals surface area contributed by atoms with Crippen molar-refractivity contribution in [2.75, 3.05) is 0 Å². The van der Waals surface area contributed by atoms with Crippen LogP contribution in [0.25, 0.3) is 0 Å². The SMILES string of the molecule is Cc1ccc(OC(=O)c2cc(Cl)c(Oc3cnc(C(C)(F)F)c(Cl)c3)cc2F)cc1. The number of carbonyl (C=O) groups is 1. The summed E-state index contributed by atoms with van der Waals surface area (Å²) in [6.07, 6.45) is 1.01. The molecule has 0 saturated carbocycles. The molecule has 0 aliphatic heterocycles. The molecule has 0 unspecified atom stereocenters. The number of alkyl halides is 2. The standard InChI is InChI=1S/C21H14Cl2F3NO3/c1-11-3-5-12(6-4-11)30-20(28)14-8-15(22)18(9-17(14)24)29-13-7-16(23)19(27-10-13)21(2,25)26/h3-10H,1-2H3. The van der Waals surface area contributed by atoms with E-state index in [4.69, 9.17) is 32.7 Å². The number of rotatable bonds is 5. The summed E-state index contributed by atoms with van der Waals surface area (Å²) in [6.45, 7) is 2.52. The van der Waals surface area contributed by atoms with Gasteiger partial charge in [-0.25, -0.2) is 14.2 Å². The van der Waals surface area contributed by atoms with E-state index in [0.717, 1.165) is 30.0 Å². The fraction of sp³-hybridized carbons (Fsp3) is 0.143. The quantitative estimate of drug-likeness (QED) is 0.308. The lowest BCUT2D eigenvalue weighted by Crippen LogP contribution is -2.11. The molecule has 0 aliphatic rings. The number of aromatic nitrogens is 1. The zero-order valence-corrected chi connectivity index (χ0v) is 17.2. The van der Waals surface area contributed by atoms with Crippen LogP contribution in [0.2, 0.25) is 10.0 Å². The van der Waals surface area contributed by atoms with Crippen LogP contribution in [0.15, 0.2) is 48.7 Å². The highest BCUT2D eigenvalue weighted by Crippen LogP contribution is 2.36. The van der Waals surface area contributed by atoms with Gasteiger partial charge in [-0.15, -0.1) is 0 Å². The average molecular weight is 456 g/mol. The molecule has 0 atom stereocenters. The molecule has 30 heavy (non-hydrogen) atoms. The second-order valence-electron chi connectivity index (χ2n) is 6.46. The van der Waals surface area contributed by atoms with Gasteiger partial charge in [0.15, 0.2) is 0 Å². The van der Waals surface area contributed by atoms with Crippen LogP contribution in [0.4, 0.5) is 13.2 Å². The maximum atomic E-state index is 14.5. The van der Waals surface area contributed by atoms with Crippen LogP contribution in [0.1, 0.15) is 28.5 Å². The number of hydrogen-bond acceptors (Lipinski definition) is 4.